The first-order valence-corrected chi connectivity index (χ1v) is 7.81. The van der Waals surface area contributed by atoms with Gasteiger partial charge in [-0.25, -0.2) is 0 Å². The molecule has 1 aromatic carbocycles. The molecular formula is C16H21Cl2NO. The Morgan fingerprint density at radius 3 is 2.00 bits per heavy atom. The normalized spacial score (nSPS) is 20.3. The van der Waals surface area contributed by atoms with Gasteiger partial charge in [0.1, 0.15) is 4.33 Å². The quantitative estimate of drug-likeness (QED) is 0.773. The summed E-state index contributed by atoms with van der Waals surface area (Å²) in [7, 11) is 0. The number of alkyl halides is 2. The van der Waals surface area contributed by atoms with Crippen molar-refractivity contribution in [1.29, 1.82) is 0 Å². The van der Waals surface area contributed by atoms with E-state index in [1.807, 2.05) is 6.07 Å². The van der Waals surface area contributed by atoms with Crippen LogP contribution in [-0.4, -0.2) is 10.2 Å². The number of hydrogen-bond acceptors (Lipinski definition) is 1. The maximum atomic E-state index is 12.3. The van der Waals surface area contributed by atoms with Crippen LogP contribution in [0.3, 0.4) is 0 Å². The minimum Gasteiger partial charge on any atom is -0.325 e. The van der Waals surface area contributed by atoms with Crippen LogP contribution in [0, 0.1) is 5.92 Å². The highest BCUT2D eigenvalue weighted by Gasteiger charge is 2.56. The van der Waals surface area contributed by atoms with Gasteiger partial charge < -0.3 is 5.32 Å². The van der Waals surface area contributed by atoms with Crippen molar-refractivity contribution in [3.63, 3.8) is 0 Å². The molecule has 20 heavy (non-hydrogen) atoms. The molecule has 1 amide bonds. The van der Waals surface area contributed by atoms with Crippen molar-refractivity contribution in [3.8, 4) is 0 Å². The lowest BCUT2D eigenvalue weighted by Crippen LogP contribution is -2.19. The number of nitrogens with one attached hydrogen (secondary N) is 1. The van der Waals surface area contributed by atoms with Crippen LogP contribution < -0.4 is 5.32 Å². The molecule has 1 saturated carbocycles. The fourth-order valence-corrected chi connectivity index (χ4v) is 2.91. The summed E-state index contributed by atoms with van der Waals surface area (Å²) in [5, 5.41) is 3.05. The molecule has 0 bridgehead atoms. The van der Waals surface area contributed by atoms with Crippen molar-refractivity contribution < 1.29 is 4.79 Å². The Hall–Kier alpha value is -0.730. The van der Waals surface area contributed by atoms with E-state index >= 15 is 0 Å². The Morgan fingerprint density at radius 1 is 1.20 bits per heavy atom. The molecule has 1 fully saturated rings. The molecule has 4 heteroatoms. The lowest BCUT2D eigenvalue weighted by molar-refractivity contribution is -0.117. The number of anilines is 1. The summed E-state index contributed by atoms with van der Waals surface area (Å²) in [6.07, 6.45) is 0.531. The monoisotopic (exact) mass is 313 g/mol. The van der Waals surface area contributed by atoms with E-state index in [9.17, 15) is 4.79 Å². The van der Waals surface area contributed by atoms with Crippen LogP contribution in [0.15, 0.2) is 18.2 Å². The number of hydrogen-bond donors (Lipinski definition) is 1. The van der Waals surface area contributed by atoms with Gasteiger partial charge >= 0.3 is 0 Å². The van der Waals surface area contributed by atoms with E-state index in [1.165, 1.54) is 0 Å². The summed E-state index contributed by atoms with van der Waals surface area (Å²) >= 11 is 12.0. The van der Waals surface area contributed by atoms with Crippen LogP contribution >= 0.6 is 23.2 Å². The van der Waals surface area contributed by atoms with Crippen molar-refractivity contribution in [2.45, 2.75) is 50.3 Å². The number of carbonyl (C=O) groups is 1. The van der Waals surface area contributed by atoms with E-state index in [-0.39, 0.29) is 11.8 Å². The molecule has 0 heterocycles. The third-order valence-electron chi connectivity index (χ3n) is 3.76. The molecular weight excluding hydrogens is 293 g/mol. The minimum atomic E-state index is -0.880. The van der Waals surface area contributed by atoms with Crippen molar-refractivity contribution >= 4 is 34.8 Å². The Morgan fingerprint density at radius 2 is 1.65 bits per heavy atom. The summed E-state index contributed by atoms with van der Waals surface area (Å²) in [6.45, 7) is 8.50. The Bertz CT molecular complexity index is 497. The van der Waals surface area contributed by atoms with E-state index < -0.39 is 4.33 Å². The molecule has 0 aromatic heterocycles. The first-order valence-electron chi connectivity index (χ1n) is 7.05. The molecule has 1 aliphatic carbocycles. The molecule has 0 spiro atoms. The van der Waals surface area contributed by atoms with Crippen molar-refractivity contribution in [3.05, 3.63) is 29.3 Å². The van der Waals surface area contributed by atoms with E-state index in [0.717, 1.165) is 16.8 Å². The number of benzene rings is 1. The van der Waals surface area contributed by atoms with Gasteiger partial charge in [0.05, 0.1) is 5.92 Å². The van der Waals surface area contributed by atoms with Crippen LogP contribution in [0.2, 0.25) is 0 Å². The molecule has 0 radical (unpaired) electrons. The van der Waals surface area contributed by atoms with Gasteiger partial charge in [-0.15, -0.1) is 23.2 Å². The Balaban J connectivity index is 2.31. The highest BCUT2D eigenvalue weighted by Crippen LogP contribution is 2.53. The molecule has 110 valence electrons. The molecule has 2 nitrogen and oxygen atoms in total. The van der Waals surface area contributed by atoms with Gasteiger partial charge in [0.25, 0.3) is 0 Å². The number of rotatable bonds is 4. The third kappa shape index (κ3) is 3.12. The van der Waals surface area contributed by atoms with Gasteiger partial charge in [0, 0.05) is 5.69 Å². The fourth-order valence-electron chi connectivity index (χ4n) is 2.40. The summed E-state index contributed by atoms with van der Waals surface area (Å²) < 4.78 is -0.880. The molecule has 1 aromatic rings. The molecule has 1 atom stereocenters. The van der Waals surface area contributed by atoms with Gasteiger partial charge in [0.15, 0.2) is 0 Å². The second kappa shape index (κ2) is 5.57. The predicted molar refractivity (Wildman–Crippen MR) is 85.8 cm³/mol. The minimum absolute atomic E-state index is 0.0787. The summed E-state index contributed by atoms with van der Waals surface area (Å²) in [5.74, 6) is 0.316. The van der Waals surface area contributed by atoms with Gasteiger partial charge in [-0.1, -0.05) is 45.9 Å². The zero-order chi connectivity index (χ0) is 15.1. The maximum absolute atomic E-state index is 12.3. The van der Waals surface area contributed by atoms with E-state index in [1.54, 1.807) is 0 Å². The number of amides is 1. The highest BCUT2D eigenvalue weighted by atomic mass is 35.5. The van der Waals surface area contributed by atoms with Crippen LogP contribution in [-0.2, 0) is 4.79 Å². The van der Waals surface area contributed by atoms with Crippen molar-refractivity contribution in [2.75, 3.05) is 5.32 Å². The molecule has 2 rings (SSSR count). The smallest absolute Gasteiger partial charge is 0.230 e. The Kier molecular flexibility index (Phi) is 4.36. The van der Waals surface area contributed by atoms with Gasteiger partial charge in [-0.3, -0.25) is 4.79 Å². The third-order valence-corrected chi connectivity index (χ3v) is 4.60. The lowest BCUT2D eigenvalue weighted by Gasteiger charge is -2.20. The van der Waals surface area contributed by atoms with Crippen LogP contribution in [0.25, 0.3) is 0 Å². The number of carbonyl (C=O) groups excluding carboxylic acids is 1. The average molecular weight is 314 g/mol. The predicted octanol–water partition coefficient (Wildman–Crippen LogP) is 5.07. The van der Waals surface area contributed by atoms with Gasteiger partial charge in [0.2, 0.25) is 5.91 Å². The van der Waals surface area contributed by atoms with Gasteiger partial charge in [-0.05, 0) is 29.4 Å². The van der Waals surface area contributed by atoms with Crippen LogP contribution in [0.5, 0.6) is 0 Å². The second-order valence-corrected chi connectivity index (χ2v) is 7.67. The SMILES string of the molecule is CC(C)c1cccc(C(C)C)c1NC(=O)[C@H]1CC1(Cl)Cl. The molecule has 1 N–H and O–H groups in total. The highest BCUT2D eigenvalue weighted by molar-refractivity contribution is 6.52. The first kappa shape index (κ1) is 15.7. The largest absolute Gasteiger partial charge is 0.325 e. The first-order chi connectivity index (χ1) is 9.24. The van der Waals surface area contributed by atoms with E-state index in [0.29, 0.717) is 18.3 Å². The number of halogens is 2. The topological polar surface area (TPSA) is 29.1 Å². The molecule has 1 aliphatic rings. The second-order valence-electron chi connectivity index (χ2n) is 6.13. The lowest BCUT2D eigenvalue weighted by atomic mass is 9.92. The van der Waals surface area contributed by atoms with Gasteiger partial charge in [-0.2, -0.15) is 0 Å². The molecule has 0 aliphatic heterocycles. The van der Waals surface area contributed by atoms with Crippen molar-refractivity contribution in [2.24, 2.45) is 5.92 Å². The number of para-hydroxylation sites is 1. The summed E-state index contributed by atoms with van der Waals surface area (Å²) in [4.78, 5) is 12.3. The van der Waals surface area contributed by atoms with Crippen LogP contribution in [0.4, 0.5) is 5.69 Å². The van der Waals surface area contributed by atoms with Crippen LogP contribution in [0.1, 0.15) is 57.1 Å². The standard InChI is InChI=1S/C16H21Cl2NO/c1-9(2)11-6-5-7-12(10(3)4)14(11)19-15(20)13-8-16(13,17)18/h5-7,9-10,13H,8H2,1-4H3,(H,19,20)/t13-/m1/s1. The zero-order valence-electron chi connectivity index (χ0n) is 12.3. The maximum Gasteiger partial charge on any atom is 0.230 e. The average Bonchev–Trinajstić information content (AvgIpc) is 2.98. The van der Waals surface area contributed by atoms with Crippen molar-refractivity contribution in [1.82, 2.24) is 0 Å². The fraction of sp³-hybridized carbons (Fsp3) is 0.562. The summed E-state index contributed by atoms with van der Waals surface area (Å²) in [6, 6.07) is 6.17. The zero-order valence-corrected chi connectivity index (χ0v) is 13.8. The summed E-state index contributed by atoms with van der Waals surface area (Å²) in [5.41, 5.74) is 3.23. The van der Waals surface area contributed by atoms with E-state index in [4.69, 9.17) is 23.2 Å². The molecule has 0 saturated heterocycles. The van der Waals surface area contributed by atoms with E-state index in [2.05, 4.69) is 45.1 Å². The molecule has 0 unspecified atom stereocenters. The Labute approximate surface area is 130 Å².